The summed E-state index contributed by atoms with van der Waals surface area (Å²) in [6.07, 6.45) is 0.904. The molecule has 0 aliphatic heterocycles. The first-order valence-electron chi connectivity index (χ1n) is 12.5. The maximum absolute atomic E-state index is 12.0. The van der Waals surface area contributed by atoms with Crippen LogP contribution in [0.2, 0.25) is 0 Å². The second kappa shape index (κ2) is 15.2. The number of benzene rings is 5. The summed E-state index contributed by atoms with van der Waals surface area (Å²) < 4.78 is 33.5. The summed E-state index contributed by atoms with van der Waals surface area (Å²) in [5, 5.41) is 45.1. The molecule has 5 aromatic carbocycles. The number of aromatic hydroxyl groups is 1. The predicted octanol–water partition coefficient (Wildman–Crippen LogP) is 4.69. The van der Waals surface area contributed by atoms with Crippen LogP contribution in [0.25, 0.3) is 10.8 Å². The van der Waals surface area contributed by atoms with Gasteiger partial charge in [0.25, 0.3) is 0 Å². The van der Waals surface area contributed by atoms with E-state index in [1.165, 1.54) is 6.07 Å². The van der Waals surface area contributed by atoms with Gasteiger partial charge in [0, 0.05) is 21.7 Å². The number of hydrogen-bond acceptors (Lipinski definition) is 13. The van der Waals surface area contributed by atoms with Crippen LogP contribution < -0.4 is 44.3 Å². The van der Waals surface area contributed by atoms with E-state index < -0.39 is 10.1 Å². The van der Waals surface area contributed by atoms with Gasteiger partial charge in [0.2, 0.25) is 0 Å². The summed E-state index contributed by atoms with van der Waals surface area (Å²) >= 11 is 0.771. The fourth-order valence-electron chi connectivity index (χ4n) is 3.87. The largest absolute Gasteiger partial charge is 1.00 e. The number of hydrogen-bond donors (Lipinski definition) is 2. The number of fused-ring (bicyclic) bond motifs is 1. The van der Waals surface area contributed by atoms with E-state index in [9.17, 15) is 18.8 Å². The first-order chi connectivity index (χ1) is 20.8. The summed E-state index contributed by atoms with van der Waals surface area (Å²) in [7, 11) is -3.95. The molecular weight excluding hydrogens is 617 g/mol. The zero-order chi connectivity index (χ0) is 30.2. The van der Waals surface area contributed by atoms with Crippen LogP contribution in [0.4, 0.5) is 34.1 Å². The Morgan fingerprint density at radius 2 is 1.36 bits per heavy atom. The van der Waals surface area contributed by atoms with Crippen molar-refractivity contribution in [3.63, 3.8) is 0 Å². The molecule has 0 bridgehead atoms. The van der Waals surface area contributed by atoms with Crippen molar-refractivity contribution in [2.24, 2.45) is 20.5 Å². The predicted molar refractivity (Wildman–Crippen MR) is 160 cm³/mol. The van der Waals surface area contributed by atoms with Gasteiger partial charge in [0.05, 0.1) is 35.4 Å². The quantitative estimate of drug-likeness (QED) is 0.0520. The van der Waals surface area contributed by atoms with E-state index in [0.717, 1.165) is 29.7 Å². The normalized spacial score (nSPS) is 11.6. The molecule has 0 saturated heterocycles. The molecule has 0 fully saturated rings. The number of nitrogens with zero attached hydrogens (tertiary/aromatic N) is 4. The fraction of sp³-hybridized carbons (Fsp3) is 0.0345. The van der Waals surface area contributed by atoms with Crippen LogP contribution in [-0.4, -0.2) is 19.8 Å². The standard InChI is InChI=1S/C29H23N5O7S2.Na/c1-43(37,38)39-27-18-19-17-24(30-20-5-3-2-4-6-20)13-16-26(19)29(35)28(27)34-33-22-9-7-21(8-10-22)31-32-23-11-14-25(15-12-23)42-41-40-36;/h2-18,30,35-36H,1H3;/q;+1/p-1. The van der Waals surface area contributed by atoms with E-state index in [0.29, 0.717) is 32.7 Å². The Bertz CT molecular complexity index is 1890. The summed E-state index contributed by atoms with van der Waals surface area (Å²) in [6, 6.07) is 29.6. The second-order valence-corrected chi connectivity index (χ2v) is 11.3. The second-order valence-electron chi connectivity index (χ2n) is 8.92. The van der Waals surface area contributed by atoms with Crippen molar-refractivity contribution in [3.8, 4) is 11.5 Å². The van der Waals surface area contributed by atoms with Gasteiger partial charge >= 0.3 is 39.7 Å². The number of phenols is 1. The van der Waals surface area contributed by atoms with E-state index in [1.807, 2.05) is 30.3 Å². The number of phenolic OH excluding ortho intramolecular Hbond substituents is 1. The summed E-state index contributed by atoms with van der Waals surface area (Å²) in [5.41, 5.74) is 2.97. The monoisotopic (exact) mass is 639 g/mol. The molecule has 0 aliphatic rings. The topological polar surface area (TPSA) is 167 Å². The summed E-state index contributed by atoms with van der Waals surface area (Å²) in [5.74, 6) is -0.455. The van der Waals surface area contributed by atoms with E-state index in [2.05, 4.69) is 35.1 Å². The van der Waals surface area contributed by atoms with Crippen molar-refractivity contribution >= 4 is 67.1 Å². The third-order valence-corrected chi connectivity index (χ3v) is 6.82. The maximum atomic E-state index is 12.0. The van der Waals surface area contributed by atoms with Gasteiger partial charge in [-0.1, -0.05) is 18.2 Å². The van der Waals surface area contributed by atoms with Crippen molar-refractivity contribution in [1.29, 1.82) is 0 Å². The van der Waals surface area contributed by atoms with Gasteiger partial charge in [-0.2, -0.15) is 28.1 Å². The molecule has 0 atom stereocenters. The van der Waals surface area contributed by atoms with Crippen molar-refractivity contribution in [2.75, 3.05) is 11.6 Å². The van der Waals surface area contributed by atoms with Crippen molar-refractivity contribution in [3.05, 3.63) is 103 Å². The minimum Gasteiger partial charge on any atom is -0.691 e. The SMILES string of the molecule is CS(=O)(=O)Oc1cc2cc(Nc3ccccc3)ccc2c(O)c1N=Nc1ccc(N=Nc2ccc(SOO[O-])cc2)cc1.[Na+]. The average Bonchev–Trinajstić information content (AvgIpc) is 2.99. The third-order valence-electron chi connectivity index (χ3n) is 5.75. The first-order valence-corrected chi connectivity index (χ1v) is 15.0. The molecule has 2 N–H and O–H groups in total. The third kappa shape index (κ3) is 9.07. The number of azo groups is 2. The number of para-hydroxylation sites is 1. The van der Waals surface area contributed by atoms with Gasteiger partial charge in [0.1, 0.15) is 0 Å². The van der Waals surface area contributed by atoms with Gasteiger partial charge in [-0.05, 0) is 90.3 Å². The Hall–Kier alpha value is -3.86. The molecule has 15 heteroatoms. The molecule has 12 nitrogen and oxygen atoms in total. The minimum absolute atomic E-state index is 0. The maximum Gasteiger partial charge on any atom is 1.00 e. The van der Waals surface area contributed by atoms with Crippen LogP contribution in [0.3, 0.4) is 0 Å². The number of anilines is 2. The van der Waals surface area contributed by atoms with Crippen molar-refractivity contribution in [1.82, 2.24) is 0 Å². The first kappa shape index (κ1) is 33.0. The van der Waals surface area contributed by atoms with E-state index in [4.69, 9.17) is 4.18 Å². The van der Waals surface area contributed by atoms with Crippen LogP contribution in [-0.2, 0) is 19.5 Å². The molecule has 0 radical (unpaired) electrons. The Morgan fingerprint density at radius 3 is 1.95 bits per heavy atom. The van der Waals surface area contributed by atoms with Crippen LogP contribution >= 0.6 is 12.0 Å². The molecule has 0 spiro atoms. The molecule has 0 aliphatic carbocycles. The van der Waals surface area contributed by atoms with Crippen molar-refractivity contribution in [2.45, 2.75) is 4.90 Å². The molecule has 5 aromatic rings. The van der Waals surface area contributed by atoms with Crippen LogP contribution in [0, 0.1) is 0 Å². The minimum atomic E-state index is -3.95. The molecule has 0 amide bonds. The van der Waals surface area contributed by atoms with E-state index >= 15 is 0 Å². The Morgan fingerprint density at radius 1 is 0.773 bits per heavy atom. The van der Waals surface area contributed by atoms with E-state index in [1.54, 1.807) is 66.7 Å². The average molecular weight is 640 g/mol. The van der Waals surface area contributed by atoms with Crippen LogP contribution in [0.1, 0.15) is 0 Å². The van der Waals surface area contributed by atoms with Gasteiger partial charge in [-0.15, -0.1) is 5.11 Å². The number of nitrogens with one attached hydrogen (secondary N) is 1. The van der Waals surface area contributed by atoms with Gasteiger partial charge in [0.15, 0.2) is 17.2 Å². The smallest absolute Gasteiger partial charge is 0.691 e. The molecule has 44 heavy (non-hydrogen) atoms. The fourth-order valence-corrected chi connectivity index (χ4v) is 4.68. The van der Waals surface area contributed by atoms with Gasteiger partial charge in [-0.3, -0.25) is 5.04 Å². The molecule has 0 aromatic heterocycles. The molecule has 0 saturated carbocycles. The van der Waals surface area contributed by atoms with Crippen molar-refractivity contribution < 1.29 is 61.9 Å². The van der Waals surface area contributed by atoms with Crippen LogP contribution in [0.5, 0.6) is 11.5 Å². The molecule has 218 valence electrons. The molecular formula is C29H22N5NaO7S2. The Balaban J connectivity index is 0.00000442. The summed E-state index contributed by atoms with van der Waals surface area (Å²) in [6.45, 7) is 0. The Kier molecular flexibility index (Phi) is 11.4. The summed E-state index contributed by atoms with van der Waals surface area (Å²) in [4.78, 5) is 0.650. The molecule has 0 heterocycles. The van der Waals surface area contributed by atoms with E-state index in [-0.39, 0.29) is 46.7 Å². The van der Waals surface area contributed by atoms with Crippen LogP contribution in [0.15, 0.2) is 128 Å². The Labute approximate surface area is 278 Å². The zero-order valence-electron chi connectivity index (χ0n) is 23.3. The van der Waals surface area contributed by atoms with Gasteiger partial charge < -0.3 is 19.9 Å². The van der Waals surface area contributed by atoms with Gasteiger partial charge in [-0.25, -0.2) is 0 Å². The zero-order valence-corrected chi connectivity index (χ0v) is 27.0. The molecule has 0 unspecified atom stereocenters. The molecule has 5 rings (SSSR count). The number of rotatable bonds is 11.